The minimum absolute atomic E-state index is 0.0134. The van der Waals surface area contributed by atoms with Gasteiger partial charge in [0.05, 0.1) is 39.9 Å². The first-order valence-electron chi connectivity index (χ1n) is 22.5. The molecule has 0 aromatic carbocycles. The van der Waals surface area contributed by atoms with Crippen LogP contribution in [0.2, 0.25) is 0 Å². The number of aliphatic hydroxyl groups is 1. The van der Waals surface area contributed by atoms with E-state index in [-0.39, 0.29) is 19.1 Å². The van der Waals surface area contributed by atoms with E-state index in [2.05, 4.69) is 31.3 Å². The molecule has 3 unspecified atom stereocenters. The summed E-state index contributed by atoms with van der Waals surface area (Å²) in [6, 6.07) is -0.793. The second-order valence-electron chi connectivity index (χ2n) is 16.8. The number of phosphoric acid groups is 1. The number of hydrogen-bond acceptors (Lipinski definition) is 6. The van der Waals surface area contributed by atoms with Crippen LogP contribution in [0.25, 0.3) is 0 Å². The fourth-order valence-corrected chi connectivity index (χ4v) is 7.35. The van der Waals surface area contributed by atoms with Crippen LogP contribution >= 0.6 is 7.82 Å². The molecule has 0 aliphatic carbocycles. The highest BCUT2D eigenvalue weighted by atomic mass is 31.2. The van der Waals surface area contributed by atoms with Gasteiger partial charge in [0.25, 0.3) is 7.82 Å². The van der Waals surface area contributed by atoms with E-state index in [1.54, 1.807) is 0 Å². The summed E-state index contributed by atoms with van der Waals surface area (Å²) in [7, 11) is 1.31. The molecule has 0 radical (unpaired) electrons. The van der Waals surface area contributed by atoms with Gasteiger partial charge in [0.2, 0.25) is 5.91 Å². The van der Waals surface area contributed by atoms with Crippen LogP contribution in [0.1, 0.15) is 213 Å². The summed E-state index contributed by atoms with van der Waals surface area (Å²) < 4.78 is 23.1. The molecule has 3 atom stereocenters. The van der Waals surface area contributed by atoms with Crippen molar-refractivity contribution in [2.75, 3.05) is 40.9 Å². The molecule has 0 aromatic rings. The Morgan fingerprint density at radius 2 is 1.04 bits per heavy atom. The van der Waals surface area contributed by atoms with Crippen molar-refractivity contribution in [3.63, 3.8) is 0 Å². The normalized spacial score (nSPS) is 14.5. The number of phosphoric ester groups is 1. The molecule has 9 heteroatoms. The Morgan fingerprint density at radius 1 is 0.642 bits per heavy atom. The van der Waals surface area contributed by atoms with Crippen molar-refractivity contribution in [3.05, 3.63) is 12.2 Å². The van der Waals surface area contributed by atoms with Crippen LogP contribution in [0.5, 0.6) is 0 Å². The van der Waals surface area contributed by atoms with E-state index in [9.17, 15) is 19.4 Å². The molecule has 0 aliphatic rings. The Balaban J connectivity index is 3.99. The van der Waals surface area contributed by atoms with Gasteiger partial charge in [-0.05, 0) is 38.5 Å². The maximum Gasteiger partial charge on any atom is 0.268 e. The Bertz CT molecular complexity index is 880. The fourth-order valence-electron chi connectivity index (χ4n) is 6.62. The lowest BCUT2D eigenvalue weighted by Gasteiger charge is -2.30. The van der Waals surface area contributed by atoms with Crippen molar-refractivity contribution in [2.45, 2.75) is 225 Å². The molecule has 0 rings (SSSR count). The third-order valence-electron chi connectivity index (χ3n) is 10.3. The minimum atomic E-state index is -4.55. The first-order valence-corrected chi connectivity index (χ1v) is 24.0. The number of unbranched alkanes of at least 4 members (excludes halogenated alkanes) is 26. The van der Waals surface area contributed by atoms with Gasteiger partial charge in [-0.3, -0.25) is 9.36 Å². The first-order chi connectivity index (χ1) is 25.5. The number of rotatable bonds is 41. The van der Waals surface area contributed by atoms with Gasteiger partial charge in [0.15, 0.2) is 0 Å². The first kappa shape index (κ1) is 52.2. The largest absolute Gasteiger partial charge is 0.756 e. The van der Waals surface area contributed by atoms with Gasteiger partial charge in [-0.15, -0.1) is 0 Å². The number of aliphatic hydroxyl groups excluding tert-OH is 1. The van der Waals surface area contributed by atoms with Crippen molar-refractivity contribution < 1.29 is 32.9 Å². The number of hydrogen-bond donors (Lipinski definition) is 2. The molecule has 0 spiro atoms. The zero-order valence-corrected chi connectivity index (χ0v) is 36.6. The maximum absolute atomic E-state index is 12.8. The number of nitrogens with zero attached hydrogens (tertiary/aromatic N) is 1. The Morgan fingerprint density at radius 3 is 1.47 bits per heavy atom. The van der Waals surface area contributed by atoms with E-state index >= 15 is 0 Å². The number of nitrogens with one attached hydrogen (secondary N) is 1. The number of carbonyl (C=O) groups excluding carboxylic acids is 1. The summed E-state index contributed by atoms with van der Waals surface area (Å²) in [5.74, 6) is -0.169. The van der Waals surface area contributed by atoms with Crippen molar-refractivity contribution in [1.29, 1.82) is 0 Å². The van der Waals surface area contributed by atoms with Gasteiger partial charge in [-0.2, -0.15) is 0 Å². The van der Waals surface area contributed by atoms with Gasteiger partial charge in [-0.1, -0.05) is 180 Å². The maximum atomic E-state index is 12.8. The Kier molecular flexibility index (Phi) is 36.3. The summed E-state index contributed by atoms with van der Waals surface area (Å²) in [6.45, 7) is 4.66. The Hall–Kier alpha value is -0.760. The second kappa shape index (κ2) is 36.9. The number of amides is 1. The molecule has 0 aliphatic heterocycles. The van der Waals surface area contributed by atoms with Gasteiger partial charge < -0.3 is 28.8 Å². The van der Waals surface area contributed by atoms with E-state index < -0.39 is 20.0 Å². The summed E-state index contributed by atoms with van der Waals surface area (Å²) in [6.07, 6.45) is 41.2. The van der Waals surface area contributed by atoms with Gasteiger partial charge in [0, 0.05) is 6.42 Å². The highest BCUT2D eigenvalue weighted by Gasteiger charge is 2.24. The molecular weight excluding hydrogens is 683 g/mol. The summed E-state index contributed by atoms with van der Waals surface area (Å²) in [5.41, 5.74) is 0. The van der Waals surface area contributed by atoms with Gasteiger partial charge in [-0.25, -0.2) is 0 Å². The standard InChI is InChI=1S/C44H89N2O6P/c1-6-8-10-12-14-15-16-17-18-19-20-21-22-23-24-25-26-27-28-29-30-31-32-34-36-38-44(48)45-42(43(47)37-35-33-13-11-9-7-2)41-52-53(49,50)51-40-39-46(3,4)5/h19-20,42-43,47H,6-18,21-41H2,1-5H3,(H-,45,48,49,50)/b20-19-. The topological polar surface area (TPSA) is 108 Å². The minimum Gasteiger partial charge on any atom is -0.756 e. The predicted octanol–water partition coefficient (Wildman–Crippen LogP) is 11.7. The van der Waals surface area contributed by atoms with Crippen molar-refractivity contribution in [2.24, 2.45) is 0 Å². The molecule has 8 nitrogen and oxygen atoms in total. The van der Waals surface area contributed by atoms with Crippen LogP contribution < -0.4 is 10.2 Å². The molecule has 53 heavy (non-hydrogen) atoms. The van der Waals surface area contributed by atoms with Gasteiger partial charge >= 0.3 is 0 Å². The summed E-state index contributed by atoms with van der Waals surface area (Å²) >= 11 is 0. The average Bonchev–Trinajstić information content (AvgIpc) is 3.10. The molecule has 0 saturated heterocycles. The number of likely N-dealkylation sites (N-methyl/N-ethyl adjacent to an activating group) is 1. The van der Waals surface area contributed by atoms with E-state index in [4.69, 9.17) is 9.05 Å². The van der Waals surface area contributed by atoms with Crippen LogP contribution in [0.4, 0.5) is 0 Å². The van der Waals surface area contributed by atoms with Crippen LogP contribution in [-0.2, 0) is 18.4 Å². The lowest BCUT2D eigenvalue weighted by molar-refractivity contribution is -0.870. The molecule has 1 amide bonds. The zero-order chi connectivity index (χ0) is 39.3. The molecular formula is C44H89N2O6P. The molecule has 316 valence electrons. The van der Waals surface area contributed by atoms with Crippen molar-refractivity contribution >= 4 is 13.7 Å². The van der Waals surface area contributed by atoms with Crippen LogP contribution in [-0.4, -0.2) is 68.5 Å². The van der Waals surface area contributed by atoms with E-state index in [0.717, 1.165) is 38.5 Å². The summed E-state index contributed by atoms with van der Waals surface area (Å²) in [5, 5.41) is 13.7. The SMILES string of the molecule is CCCCCCCCCC/C=C\CCCCCCCCCCCCCCCC(=O)NC(COP(=O)([O-])OCC[N+](C)(C)C)C(O)CCCCCCCC. The zero-order valence-electron chi connectivity index (χ0n) is 35.7. The number of quaternary nitrogens is 1. The monoisotopic (exact) mass is 773 g/mol. The Labute approximate surface area is 329 Å². The lowest BCUT2D eigenvalue weighted by Crippen LogP contribution is -2.46. The molecule has 2 N–H and O–H groups in total. The lowest BCUT2D eigenvalue weighted by atomic mass is 10.0. The number of allylic oxidation sites excluding steroid dienone is 2. The average molecular weight is 773 g/mol. The molecule has 0 aromatic heterocycles. The highest BCUT2D eigenvalue weighted by molar-refractivity contribution is 7.45. The second-order valence-corrected chi connectivity index (χ2v) is 18.2. The number of carbonyl (C=O) groups is 1. The summed E-state index contributed by atoms with van der Waals surface area (Å²) in [4.78, 5) is 25.1. The van der Waals surface area contributed by atoms with E-state index in [1.807, 2.05) is 21.1 Å². The van der Waals surface area contributed by atoms with Crippen LogP contribution in [0, 0.1) is 0 Å². The molecule has 0 saturated carbocycles. The van der Waals surface area contributed by atoms with Crippen molar-refractivity contribution in [1.82, 2.24) is 5.32 Å². The molecule has 0 bridgehead atoms. The van der Waals surface area contributed by atoms with Crippen LogP contribution in [0.15, 0.2) is 12.2 Å². The fraction of sp³-hybridized carbons (Fsp3) is 0.932. The molecule has 0 fully saturated rings. The van der Waals surface area contributed by atoms with Gasteiger partial charge in [0.1, 0.15) is 13.2 Å². The van der Waals surface area contributed by atoms with E-state index in [1.165, 1.54) is 148 Å². The third-order valence-corrected chi connectivity index (χ3v) is 11.2. The quantitative estimate of drug-likeness (QED) is 0.0277. The molecule has 0 heterocycles. The smallest absolute Gasteiger partial charge is 0.268 e. The highest BCUT2D eigenvalue weighted by Crippen LogP contribution is 2.38. The van der Waals surface area contributed by atoms with Crippen LogP contribution in [0.3, 0.4) is 0 Å². The third kappa shape index (κ3) is 39.3. The van der Waals surface area contributed by atoms with Crippen molar-refractivity contribution in [3.8, 4) is 0 Å². The predicted molar refractivity (Wildman–Crippen MR) is 224 cm³/mol. The van der Waals surface area contributed by atoms with E-state index in [0.29, 0.717) is 23.9 Å².